The SMILES string of the molecule is Cc1ccc(Nc2nncc(Nc3ccc(Br)cc3)n2)cc1Cl. The highest BCUT2D eigenvalue weighted by Gasteiger charge is 2.04. The van der Waals surface area contributed by atoms with E-state index in [0.717, 1.165) is 21.4 Å². The van der Waals surface area contributed by atoms with Crippen molar-refractivity contribution in [3.05, 3.63) is 63.7 Å². The smallest absolute Gasteiger partial charge is 0.249 e. The van der Waals surface area contributed by atoms with E-state index in [1.807, 2.05) is 49.4 Å². The van der Waals surface area contributed by atoms with Gasteiger partial charge in [0.15, 0.2) is 5.82 Å². The average Bonchev–Trinajstić information content (AvgIpc) is 2.54. The van der Waals surface area contributed by atoms with Gasteiger partial charge in [-0.2, -0.15) is 10.1 Å². The van der Waals surface area contributed by atoms with Crippen LogP contribution in [0.2, 0.25) is 5.02 Å². The van der Waals surface area contributed by atoms with Crippen molar-refractivity contribution in [2.75, 3.05) is 10.6 Å². The molecule has 0 aliphatic heterocycles. The summed E-state index contributed by atoms with van der Waals surface area (Å²) in [5.74, 6) is 0.995. The number of hydrogen-bond acceptors (Lipinski definition) is 5. The minimum Gasteiger partial charge on any atom is -0.339 e. The minimum atomic E-state index is 0.395. The van der Waals surface area contributed by atoms with Gasteiger partial charge >= 0.3 is 0 Å². The molecule has 0 radical (unpaired) electrons. The number of anilines is 4. The van der Waals surface area contributed by atoms with Crippen LogP contribution in [-0.2, 0) is 0 Å². The third-order valence-electron chi connectivity index (χ3n) is 3.10. The molecule has 0 unspecified atom stereocenters. The van der Waals surface area contributed by atoms with Crippen molar-refractivity contribution in [2.24, 2.45) is 0 Å². The fourth-order valence-electron chi connectivity index (χ4n) is 1.90. The van der Waals surface area contributed by atoms with Crippen molar-refractivity contribution in [2.45, 2.75) is 6.92 Å². The van der Waals surface area contributed by atoms with Gasteiger partial charge in [0.1, 0.15) is 0 Å². The molecule has 0 aliphatic rings. The van der Waals surface area contributed by atoms with Crippen molar-refractivity contribution in [1.29, 1.82) is 0 Å². The number of aryl methyl sites for hydroxylation is 1. The largest absolute Gasteiger partial charge is 0.339 e. The second kappa shape index (κ2) is 6.93. The van der Waals surface area contributed by atoms with E-state index >= 15 is 0 Å². The van der Waals surface area contributed by atoms with Crippen molar-refractivity contribution >= 4 is 50.7 Å². The Hall–Kier alpha value is -2.18. The predicted octanol–water partition coefficient (Wildman–Crippen LogP) is 5.08. The van der Waals surface area contributed by atoms with E-state index in [9.17, 15) is 0 Å². The first-order valence-corrected chi connectivity index (χ1v) is 8.03. The molecule has 0 amide bonds. The van der Waals surface area contributed by atoms with E-state index in [4.69, 9.17) is 11.6 Å². The third kappa shape index (κ3) is 4.18. The number of nitrogens with zero attached hydrogens (tertiary/aromatic N) is 3. The zero-order chi connectivity index (χ0) is 16.2. The molecule has 0 saturated carbocycles. The summed E-state index contributed by atoms with van der Waals surface area (Å²) in [5.41, 5.74) is 2.74. The summed E-state index contributed by atoms with van der Waals surface area (Å²) in [5, 5.41) is 14.9. The van der Waals surface area contributed by atoms with Gasteiger partial charge in [0.25, 0.3) is 0 Å². The number of benzene rings is 2. The molecule has 1 heterocycles. The quantitative estimate of drug-likeness (QED) is 0.650. The van der Waals surface area contributed by atoms with E-state index in [0.29, 0.717) is 16.8 Å². The summed E-state index contributed by atoms with van der Waals surface area (Å²) in [4.78, 5) is 4.39. The maximum atomic E-state index is 6.12. The van der Waals surface area contributed by atoms with Crippen LogP contribution in [0.1, 0.15) is 5.56 Å². The summed E-state index contributed by atoms with van der Waals surface area (Å²) in [6.07, 6.45) is 1.56. The Morgan fingerprint density at radius 2 is 1.74 bits per heavy atom. The Balaban J connectivity index is 1.76. The second-order valence-corrected chi connectivity index (χ2v) is 6.21. The first-order chi connectivity index (χ1) is 11.1. The first kappa shape index (κ1) is 15.7. The van der Waals surface area contributed by atoms with Crippen LogP contribution in [0.25, 0.3) is 0 Å². The van der Waals surface area contributed by atoms with Gasteiger partial charge in [0.2, 0.25) is 5.95 Å². The van der Waals surface area contributed by atoms with E-state index in [1.54, 1.807) is 6.20 Å². The summed E-state index contributed by atoms with van der Waals surface area (Å²) >= 11 is 9.52. The summed E-state index contributed by atoms with van der Waals surface area (Å²) in [6.45, 7) is 1.95. The van der Waals surface area contributed by atoms with Gasteiger partial charge in [0.05, 0.1) is 6.20 Å². The standard InChI is InChI=1S/C16H13BrClN5/c1-10-2-5-13(8-14(10)18)21-16-22-15(9-19-23-16)20-12-6-3-11(17)4-7-12/h2-9H,1H3,(H2,20,21,22,23). The van der Waals surface area contributed by atoms with Crippen LogP contribution in [0.15, 0.2) is 53.1 Å². The van der Waals surface area contributed by atoms with E-state index in [1.165, 1.54) is 0 Å². The molecule has 0 atom stereocenters. The zero-order valence-electron chi connectivity index (χ0n) is 12.2. The molecule has 0 aliphatic carbocycles. The maximum Gasteiger partial charge on any atom is 0.249 e. The highest BCUT2D eigenvalue weighted by molar-refractivity contribution is 9.10. The molecule has 7 heteroatoms. The molecule has 0 saturated heterocycles. The van der Waals surface area contributed by atoms with Crippen LogP contribution >= 0.6 is 27.5 Å². The molecule has 5 nitrogen and oxygen atoms in total. The van der Waals surface area contributed by atoms with Crippen molar-refractivity contribution < 1.29 is 0 Å². The Kier molecular flexibility index (Phi) is 4.73. The van der Waals surface area contributed by atoms with Crippen LogP contribution in [0.4, 0.5) is 23.1 Å². The molecule has 3 rings (SSSR count). The molecule has 2 aromatic carbocycles. The van der Waals surface area contributed by atoms with E-state index in [2.05, 4.69) is 41.7 Å². The normalized spacial score (nSPS) is 10.4. The molecule has 0 spiro atoms. The van der Waals surface area contributed by atoms with Crippen molar-refractivity contribution in [3.63, 3.8) is 0 Å². The van der Waals surface area contributed by atoms with Gasteiger partial charge in [-0.1, -0.05) is 33.6 Å². The molecule has 0 fully saturated rings. The monoisotopic (exact) mass is 389 g/mol. The first-order valence-electron chi connectivity index (χ1n) is 6.86. The van der Waals surface area contributed by atoms with Gasteiger partial charge < -0.3 is 10.6 Å². The highest BCUT2D eigenvalue weighted by Crippen LogP contribution is 2.22. The van der Waals surface area contributed by atoms with E-state index < -0.39 is 0 Å². The van der Waals surface area contributed by atoms with Crippen LogP contribution in [0.5, 0.6) is 0 Å². The lowest BCUT2D eigenvalue weighted by Gasteiger charge is -2.08. The molecule has 23 heavy (non-hydrogen) atoms. The molecule has 0 bridgehead atoms. The van der Waals surface area contributed by atoms with E-state index in [-0.39, 0.29) is 0 Å². The van der Waals surface area contributed by atoms with Gasteiger partial charge in [-0.15, -0.1) is 5.10 Å². The number of halogens is 2. The lowest BCUT2D eigenvalue weighted by atomic mass is 10.2. The Morgan fingerprint density at radius 1 is 1.00 bits per heavy atom. The molecule has 116 valence electrons. The lowest BCUT2D eigenvalue weighted by molar-refractivity contribution is 0.982. The number of rotatable bonds is 4. The molecule has 3 aromatic rings. The Morgan fingerprint density at radius 3 is 2.48 bits per heavy atom. The molecular formula is C16H13BrClN5. The van der Waals surface area contributed by atoms with Crippen LogP contribution in [0.3, 0.4) is 0 Å². The van der Waals surface area contributed by atoms with Crippen molar-refractivity contribution in [3.8, 4) is 0 Å². The van der Waals surface area contributed by atoms with Gasteiger partial charge in [-0.3, -0.25) is 0 Å². The second-order valence-electron chi connectivity index (χ2n) is 4.89. The van der Waals surface area contributed by atoms with Crippen molar-refractivity contribution in [1.82, 2.24) is 15.2 Å². The Labute approximate surface area is 147 Å². The van der Waals surface area contributed by atoms with Crippen LogP contribution < -0.4 is 10.6 Å². The molecule has 2 N–H and O–H groups in total. The predicted molar refractivity (Wildman–Crippen MR) is 96.7 cm³/mol. The minimum absolute atomic E-state index is 0.395. The summed E-state index contributed by atoms with van der Waals surface area (Å²) in [6, 6.07) is 13.5. The Bertz CT molecular complexity index is 823. The summed E-state index contributed by atoms with van der Waals surface area (Å²) in [7, 11) is 0. The topological polar surface area (TPSA) is 62.7 Å². The van der Waals surface area contributed by atoms with Crippen LogP contribution in [0, 0.1) is 6.92 Å². The number of hydrogen-bond donors (Lipinski definition) is 2. The zero-order valence-corrected chi connectivity index (χ0v) is 14.6. The highest BCUT2D eigenvalue weighted by atomic mass is 79.9. The fraction of sp³-hybridized carbons (Fsp3) is 0.0625. The van der Waals surface area contributed by atoms with Crippen LogP contribution in [-0.4, -0.2) is 15.2 Å². The number of aromatic nitrogens is 3. The average molecular weight is 391 g/mol. The lowest BCUT2D eigenvalue weighted by Crippen LogP contribution is -2.02. The molecule has 1 aromatic heterocycles. The van der Waals surface area contributed by atoms with Gasteiger partial charge in [0, 0.05) is 20.9 Å². The van der Waals surface area contributed by atoms with Gasteiger partial charge in [-0.05, 0) is 48.9 Å². The molecular weight excluding hydrogens is 378 g/mol. The maximum absolute atomic E-state index is 6.12. The third-order valence-corrected chi connectivity index (χ3v) is 4.04. The number of nitrogens with one attached hydrogen (secondary N) is 2. The summed E-state index contributed by atoms with van der Waals surface area (Å²) < 4.78 is 1.02. The fourth-order valence-corrected chi connectivity index (χ4v) is 2.34. The van der Waals surface area contributed by atoms with Gasteiger partial charge in [-0.25, -0.2) is 0 Å².